The van der Waals surface area contributed by atoms with Crippen molar-refractivity contribution in [1.29, 1.82) is 0 Å². The Balaban J connectivity index is 1.47. The number of carbonyl (C=O) groups is 2. The van der Waals surface area contributed by atoms with Crippen molar-refractivity contribution in [3.63, 3.8) is 0 Å². The van der Waals surface area contributed by atoms with E-state index in [2.05, 4.69) is 16.4 Å². The number of nitrogens with zero attached hydrogens (tertiary/aromatic N) is 2. The van der Waals surface area contributed by atoms with Gasteiger partial charge in [0, 0.05) is 23.3 Å². The molecule has 22 heavy (non-hydrogen) atoms. The zero-order valence-electron chi connectivity index (χ0n) is 12.2. The first kappa shape index (κ1) is 15.2. The van der Waals surface area contributed by atoms with Gasteiger partial charge in [-0.25, -0.2) is 4.98 Å². The van der Waals surface area contributed by atoms with Crippen LogP contribution in [0.2, 0.25) is 0 Å². The van der Waals surface area contributed by atoms with E-state index in [-0.39, 0.29) is 18.9 Å². The van der Waals surface area contributed by atoms with Crippen molar-refractivity contribution in [2.24, 2.45) is 0 Å². The molecule has 0 aliphatic carbocycles. The zero-order valence-corrected chi connectivity index (χ0v) is 13.8. The number of ether oxygens (including phenoxy) is 1. The molecule has 0 radical (unpaired) electrons. The summed E-state index contributed by atoms with van der Waals surface area (Å²) >= 11 is 3.23. The molecule has 2 aromatic rings. The van der Waals surface area contributed by atoms with Gasteiger partial charge in [-0.3, -0.25) is 9.59 Å². The summed E-state index contributed by atoms with van der Waals surface area (Å²) in [4.78, 5) is 31.2. The second-order valence-electron chi connectivity index (χ2n) is 5.13. The number of rotatable bonds is 4. The van der Waals surface area contributed by atoms with Crippen LogP contribution in [0, 0.1) is 6.92 Å². The molecule has 3 heterocycles. The van der Waals surface area contributed by atoms with E-state index in [1.807, 2.05) is 12.3 Å². The number of thiazole rings is 1. The van der Waals surface area contributed by atoms with Crippen LogP contribution in [0.15, 0.2) is 16.8 Å². The summed E-state index contributed by atoms with van der Waals surface area (Å²) in [6.45, 7) is 3.00. The number of carbonyl (C=O) groups excluding carboxylic acids is 2. The SMILES string of the molecule is Cc1nc(CC(=O)OCC(=O)N2CCc3sccc3C2)cs1. The van der Waals surface area contributed by atoms with Gasteiger partial charge in [0.05, 0.1) is 17.1 Å². The molecule has 0 spiro atoms. The number of aryl methyl sites for hydroxylation is 1. The number of thiophene rings is 1. The Hall–Kier alpha value is -1.73. The highest BCUT2D eigenvalue weighted by atomic mass is 32.1. The van der Waals surface area contributed by atoms with Crippen LogP contribution in [0.25, 0.3) is 0 Å². The molecule has 0 N–H and O–H groups in total. The Morgan fingerprint density at radius 1 is 1.41 bits per heavy atom. The molecule has 0 saturated heterocycles. The maximum atomic E-state index is 12.1. The van der Waals surface area contributed by atoms with Gasteiger partial charge in [-0.2, -0.15) is 0 Å². The second kappa shape index (κ2) is 6.58. The van der Waals surface area contributed by atoms with E-state index >= 15 is 0 Å². The van der Waals surface area contributed by atoms with Gasteiger partial charge < -0.3 is 9.64 Å². The molecule has 5 nitrogen and oxygen atoms in total. The molecule has 0 bridgehead atoms. The molecule has 3 rings (SSSR count). The van der Waals surface area contributed by atoms with E-state index < -0.39 is 5.97 Å². The third-order valence-corrected chi connectivity index (χ3v) is 5.35. The van der Waals surface area contributed by atoms with Gasteiger partial charge in [-0.05, 0) is 30.4 Å². The van der Waals surface area contributed by atoms with E-state index in [0.717, 1.165) is 11.4 Å². The quantitative estimate of drug-likeness (QED) is 0.803. The average Bonchev–Trinajstić information content (AvgIpc) is 3.12. The maximum Gasteiger partial charge on any atom is 0.312 e. The molecule has 7 heteroatoms. The molecular weight excluding hydrogens is 320 g/mol. The number of amides is 1. The predicted octanol–water partition coefficient (Wildman–Crippen LogP) is 2.18. The van der Waals surface area contributed by atoms with Crippen molar-refractivity contribution in [3.8, 4) is 0 Å². The fraction of sp³-hybridized carbons (Fsp3) is 0.400. The number of hydrogen-bond donors (Lipinski definition) is 0. The van der Waals surface area contributed by atoms with Crippen molar-refractivity contribution in [2.45, 2.75) is 26.3 Å². The van der Waals surface area contributed by atoms with E-state index in [9.17, 15) is 9.59 Å². The lowest BCUT2D eigenvalue weighted by Gasteiger charge is -2.26. The molecule has 2 aromatic heterocycles. The molecule has 0 aromatic carbocycles. The standard InChI is InChI=1S/C15H16N2O3S2/c1-10-16-12(9-22-10)6-15(19)20-8-14(18)17-4-2-13-11(7-17)3-5-21-13/h3,5,9H,2,4,6-8H2,1H3. The van der Waals surface area contributed by atoms with Gasteiger partial charge in [-0.15, -0.1) is 22.7 Å². The van der Waals surface area contributed by atoms with Crippen LogP contribution in [0.4, 0.5) is 0 Å². The molecule has 0 saturated carbocycles. The number of fused-ring (bicyclic) bond motifs is 1. The van der Waals surface area contributed by atoms with Crippen molar-refractivity contribution in [3.05, 3.63) is 38.0 Å². The molecule has 0 unspecified atom stereocenters. The average molecular weight is 336 g/mol. The first-order chi connectivity index (χ1) is 10.6. The topological polar surface area (TPSA) is 59.5 Å². The first-order valence-corrected chi connectivity index (χ1v) is 8.77. The third-order valence-electron chi connectivity index (χ3n) is 3.51. The van der Waals surface area contributed by atoms with Crippen molar-refractivity contribution >= 4 is 34.6 Å². The van der Waals surface area contributed by atoms with E-state index in [1.165, 1.54) is 21.8 Å². The van der Waals surface area contributed by atoms with Crippen LogP contribution < -0.4 is 0 Å². The van der Waals surface area contributed by atoms with Gasteiger partial charge in [0.2, 0.25) is 0 Å². The van der Waals surface area contributed by atoms with Crippen LogP contribution in [-0.2, 0) is 33.7 Å². The zero-order chi connectivity index (χ0) is 15.5. The predicted molar refractivity (Wildman–Crippen MR) is 85.0 cm³/mol. The van der Waals surface area contributed by atoms with Crippen molar-refractivity contribution in [1.82, 2.24) is 9.88 Å². The van der Waals surface area contributed by atoms with Crippen LogP contribution in [-0.4, -0.2) is 34.9 Å². The van der Waals surface area contributed by atoms with Crippen molar-refractivity contribution in [2.75, 3.05) is 13.2 Å². The van der Waals surface area contributed by atoms with E-state index in [0.29, 0.717) is 18.8 Å². The molecule has 1 aliphatic heterocycles. The van der Waals surface area contributed by atoms with Gasteiger partial charge in [-0.1, -0.05) is 0 Å². The Labute approximate surface area is 136 Å². The Morgan fingerprint density at radius 2 is 2.27 bits per heavy atom. The minimum absolute atomic E-state index is 0.117. The highest BCUT2D eigenvalue weighted by Gasteiger charge is 2.22. The fourth-order valence-corrected chi connectivity index (χ4v) is 3.89. The number of esters is 1. The molecule has 1 amide bonds. The lowest BCUT2D eigenvalue weighted by atomic mass is 10.1. The number of aromatic nitrogens is 1. The Kier molecular flexibility index (Phi) is 4.54. The highest BCUT2D eigenvalue weighted by Crippen LogP contribution is 2.23. The summed E-state index contributed by atoms with van der Waals surface area (Å²) in [7, 11) is 0. The molecule has 0 atom stereocenters. The third kappa shape index (κ3) is 3.53. The monoisotopic (exact) mass is 336 g/mol. The molecular formula is C15H16N2O3S2. The maximum absolute atomic E-state index is 12.1. The van der Waals surface area contributed by atoms with Crippen LogP contribution in [0.5, 0.6) is 0 Å². The highest BCUT2D eigenvalue weighted by molar-refractivity contribution is 7.10. The largest absolute Gasteiger partial charge is 0.455 e. The molecule has 0 fully saturated rings. The minimum Gasteiger partial charge on any atom is -0.455 e. The van der Waals surface area contributed by atoms with Gasteiger partial charge >= 0.3 is 5.97 Å². The summed E-state index contributed by atoms with van der Waals surface area (Å²) in [5, 5.41) is 4.80. The second-order valence-corrected chi connectivity index (χ2v) is 7.19. The van der Waals surface area contributed by atoms with Crippen LogP contribution in [0.3, 0.4) is 0 Å². The smallest absolute Gasteiger partial charge is 0.312 e. The summed E-state index contributed by atoms with van der Waals surface area (Å²) in [5.41, 5.74) is 1.90. The van der Waals surface area contributed by atoms with Gasteiger partial charge in [0.15, 0.2) is 6.61 Å². The molecule has 1 aliphatic rings. The molecule has 116 valence electrons. The minimum atomic E-state index is -0.410. The normalized spacial score (nSPS) is 13.8. The lowest BCUT2D eigenvalue weighted by Crippen LogP contribution is -2.38. The number of hydrogen-bond acceptors (Lipinski definition) is 6. The summed E-state index contributed by atoms with van der Waals surface area (Å²) < 4.78 is 5.08. The summed E-state index contributed by atoms with van der Waals surface area (Å²) in [5.74, 6) is -0.549. The summed E-state index contributed by atoms with van der Waals surface area (Å²) in [6, 6.07) is 2.05. The van der Waals surface area contributed by atoms with Crippen molar-refractivity contribution < 1.29 is 14.3 Å². The first-order valence-electron chi connectivity index (χ1n) is 7.01. The van der Waals surface area contributed by atoms with Gasteiger partial charge in [0.25, 0.3) is 5.91 Å². The van der Waals surface area contributed by atoms with Gasteiger partial charge in [0.1, 0.15) is 0 Å². The summed E-state index contributed by atoms with van der Waals surface area (Å²) in [6.07, 6.45) is 0.997. The Bertz CT molecular complexity index is 693. The van der Waals surface area contributed by atoms with Crippen LogP contribution in [0.1, 0.15) is 21.1 Å². The lowest BCUT2D eigenvalue weighted by molar-refractivity contribution is -0.151. The fourth-order valence-electron chi connectivity index (χ4n) is 2.38. The van der Waals surface area contributed by atoms with Crippen LogP contribution >= 0.6 is 22.7 Å². The van der Waals surface area contributed by atoms with E-state index in [1.54, 1.807) is 16.2 Å². The van der Waals surface area contributed by atoms with E-state index in [4.69, 9.17) is 4.74 Å². The Morgan fingerprint density at radius 3 is 3.05 bits per heavy atom.